The van der Waals surface area contributed by atoms with Crippen LogP contribution in [-0.2, 0) is 0 Å². The molecule has 0 N–H and O–H groups in total. The third-order valence-electron chi connectivity index (χ3n) is 7.06. The lowest BCUT2D eigenvalue weighted by Crippen LogP contribution is -2.09. The van der Waals surface area contributed by atoms with E-state index in [0.29, 0.717) is 5.02 Å². The van der Waals surface area contributed by atoms with Crippen LogP contribution in [-0.4, -0.2) is 7.11 Å². The Balaban J connectivity index is 1.33. The fourth-order valence-electron chi connectivity index (χ4n) is 5.01. The first-order valence-electron chi connectivity index (χ1n) is 13.2. The van der Waals surface area contributed by atoms with E-state index >= 15 is 0 Å². The number of hydrogen-bond donors (Lipinski definition) is 0. The summed E-state index contributed by atoms with van der Waals surface area (Å²) in [5.41, 5.74) is 7.75. The Hall–Kier alpha value is -4.79. The highest BCUT2D eigenvalue weighted by Gasteiger charge is 2.13. The number of fused-ring (bicyclic) bond motifs is 1. The highest BCUT2D eigenvalue weighted by molar-refractivity contribution is 6.30. The van der Waals surface area contributed by atoms with Crippen molar-refractivity contribution in [2.75, 3.05) is 12.0 Å². The molecule has 0 aliphatic heterocycles. The summed E-state index contributed by atoms with van der Waals surface area (Å²) in [6.45, 7) is 0. The van der Waals surface area contributed by atoms with Crippen molar-refractivity contribution in [1.29, 1.82) is 0 Å². The quantitative estimate of drug-likeness (QED) is 0.188. The minimum atomic E-state index is 0.715. The number of hydrogen-bond acceptors (Lipinski definition) is 2. The van der Waals surface area contributed by atoms with Gasteiger partial charge in [0.2, 0.25) is 0 Å². The van der Waals surface area contributed by atoms with Crippen molar-refractivity contribution < 1.29 is 4.74 Å². The lowest BCUT2D eigenvalue weighted by molar-refractivity contribution is 0.414. The second-order valence-corrected chi connectivity index (χ2v) is 9.99. The molecule has 0 aliphatic carbocycles. The highest BCUT2D eigenvalue weighted by atomic mass is 35.5. The van der Waals surface area contributed by atoms with Gasteiger partial charge in [-0.2, -0.15) is 0 Å². The standard InChI is InChI=1S/C37H28ClNO/c1-40-37-26-16-30-9-5-6-10-35(30)36(37)25-13-27-11-19-32(20-12-27)39(34-23-17-31(38)18-24-34)33-21-14-29(15-22-33)28-7-3-2-4-8-28/h2-26H,1H3. The molecule has 6 rings (SSSR count). The Bertz CT molecular complexity index is 1760. The summed E-state index contributed by atoms with van der Waals surface area (Å²) in [5, 5.41) is 3.07. The SMILES string of the molecule is COc1ccc2ccccc2c1C=Cc1ccc(N(c2ccc(Cl)cc2)c2ccc(-c3ccccc3)cc2)cc1. The monoisotopic (exact) mass is 537 g/mol. The van der Waals surface area contributed by atoms with Gasteiger partial charge in [-0.1, -0.05) is 109 Å². The number of rotatable bonds is 7. The van der Waals surface area contributed by atoms with Crippen LogP contribution in [0.2, 0.25) is 5.02 Å². The molecule has 6 aromatic carbocycles. The van der Waals surface area contributed by atoms with Gasteiger partial charge in [0.1, 0.15) is 5.75 Å². The van der Waals surface area contributed by atoms with Crippen molar-refractivity contribution in [1.82, 2.24) is 0 Å². The number of benzene rings is 6. The lowest BCUT2D eigenvalue weighted by Gasteiger charge is -2.26. The normalized spacial score (nSPS) is 11.2. The van der Waals surface area contributed by atoms with Gasteiger partial charge in [0, 0.05) is 27.6 Å². The average Bonchev–Trinajstić information content (AvgIpc) is 3.02. The Labute approximate surface area is 240 Å². The van der Waals surface area contributed by atoms with E-state index < -0.39 is 0 Å². The molecule has 0 heterocycles. The number of nitrogens with zero attached hydrogens (tertiary/aromatic N) is 1. The molecule has 0 bridgehead atoms. The largest absolute Gasteiger partial charge is 0.496 e. The molecule has 0 saturated carbocycles. The molecule has 6 aromatic rings. The van der Waals surface area contributed by atoms with Gasteiger partial charge in [-0.15, -0.1) is 0 Å². The molecule has 0 radical (unpaired) electrons. The first-order chi connectivity index (χ1) is 19.7. The van der Waals surface area contributed by atoms with Gasteiger partial charge < -0.3 is 9.64 Å². The van der Waals surface area contributed by atoms with Crippen LogP contribution in [0.4, 0.5) is 17.1 Å². The Morgan fingerprint density at radius 3 is 1.80 bits per heavy atom. The predicted octanol–water partition coefficient (Wildman–Crippen LogP) is 10.8. The number of halogens is 1. The van der Waals surface area contributed by atoms with Crippen LogP contribution in [0.5, 0.6) is 5.75 Å². The van der Waals surface area contributed by atoms with Gasteiger partial charge >= 0.3 is 0 Å². The molecule has 0 aliphatic rings. The minimum absolute atomic E-state index is 0.715. The summed E-state index contributed by atoms with van der Waals surface area (Å²) in [5.74, 6) is 0.861. The van der Waals surface area contributed by atoms with E-state index in [1.165, 1.54) is 21.9 Å². The molecule has 0 aromatic heterocycles. The molecule has 0 fully saturated rings. The van der Waals surface area contributed by atoms with E-state index in [9.17, 15) is 0 Å². The Morgan fingerprint density at radius 2 is 1.12 bits per heavy atom. The maximum Gasteiger partial charge on any atom is 0.126 e. The van der Waals surface area contributed by atoms with E-state index in [-0.39, 0.29) is 0 Å². The van der Waals surface area contributed by atoms with Gasteiger partial charge in [-0.05, 0) is 82.1 Å². The zero-order valence-corrected chi connectivity index (χ0v) is 22.9. The molecule has 194 valence electrons. The van der Waals surface area contributed by atoms with E-state index in [1.54, 1.807) is 7.11 Å². The van der Waals surface area contributed by atoms with Gasteiger partial charge in [-0.3, -0.25) is 0 Å². The minimum Gasteiger partial charge on any atom is -0.496 e. The van der Waals surface area contributed by atoms with Crippen molar-refractivity contribution >= 4 is 51.6 Å². The van der Waals surface area contributed by atoms with Crippen LogP contribution in [0.3, 0.4) is 0 Å². The third-order valence-corrected chi connectivity index (χ3v) is 7.31. The number of ether oxygens (including phenoxy) is 1. The zero-order chi connectivity index (χ0) is 27.3. The van der Waals surface area contributed by atoms with Gasteiger partial charge in [0.25, 0.3) is 0 Å². The van der Waals surface area contributed by atoms with Gasteiger partial charge in [0.05, 0.1) is 7.11 Å². The Morgan fingerprint density at radius 1 is 0.550 bits per heavy atom. The molecule has 3 heteroatoms. The van der Waals surface area contributed by atoms with Crippen LogP contribution in [0.25, 0.3) is 34.1 Å². The smallest absolute Gasteiger partial charge is 0.126 e. The van der Waals surface area contributed by atoms with Crippen LogP contribution in [0.15, 0.2) is 140 Å². The third kappa shape index (κ3) is 5.36. The first-order valence-corrected chi connectivity index (χ1v) is 13.6. The van der Waals surface area contributed by atoms with Crippen LogP contribution < -0.4 is 9.64 Å². The summed E-state index contributed by atoms with van der Waals surface area (Å²) in [6.07, 6.45) is 4.27. The average molecular weight is 538 g/mol. The molecule has 0 atom stereocenters. The van der Waals surface area contributed by atoms with Gasteiger partial charge in [-0.25, -0.2) is 0 Å². The maximum atomic E-state index is 6.23. The molecule has 0 unspecified atom stereocenters. The Kier molecular flexibility index (Phi) is 7.34. The topological polar surface area (TPSA) is 12.5 Å². The highest BCUT2D eigenvalue weighted by Crippen LogP contribution is 2.36. The summed E-state index contributed by atoms with van der Waals surface area (Å²) >= 11 is 6.23. The van der Waals surface area contributed by atoms with E-state index in [2.05, 4.69) is 120 Å². The molecule has 0 spiro atoms. The first kappa shape index (κ1) is 25.5. The van der Waals surface area contributed by atoms with E-state index in [4.69, 9.17) is 16.3 Å². The molecule has 2 nitrogen and oxygen atoms in total. The van der Waals surface area contributed by atoms with Crippen LogP contribution >= 0.6 is 11.6 Å². The number of anilines is 3. The summed E-state index contributed by atoms with van der Waals surface area (Å²) in [4.78, 5) is 2.24. The van der Waals surface area contributed by atoms with Crippen molar-refractivity contribution in [3.05, 3.63) is 156 Å². The molecule has 0 amide bonds. The summed E-state index contributed by atoms with van der Waals surface area (Å²) in [6, 6.07) is 48.1. The predicted molar refractivity (Wildman–Crippen MR) is 171 cm³/mol. The summed E-state index contributed by atoms with van der Waals surface area (Å²) < 4.78 is 5.67. The lowest BCUT2D eigenvalue weighted by atomic mass is 10.0. The van der Waals surface area contributed by atoms with Crippen molar-refractivity contribution in [2.45, 2.75) is 0 Å². The molecule has 0 saturated heterocycles. The molecular weight excluding hydrogens is 510 g/mol. The maximum absolute atomic E-state index is 6.23. The van der Waals surface area contributed by atoms with E-state index in [0.717, 1.165) is 33.9 Å². The molecule has 40 heavy (non-hydrogen) atoms. The van der Waals surface area contributed by atoms with Crippen molar-refractivity contribution in [2.24, 2.45) is 0 Å². The van der Waals surface area contributed by atoms with E-state index in [1.807, 2.05) is 36.4 Å². The van der Waals surface area contributed by atoms with Crippen LogP contribution in [0, 0.1) is 0 Å². The number of methoxy groups -OCH3 is 1. The zero-order valence-electron chi connectivity index (χ0n) is 22.2. The second-order valence-electron chi connectivity index (χ2n) is 9.55. The van der Waals surface area contributed by atoms with Crippen molar-refractivity contribution in [3.8, 4) is 16.9 Å². The second kappa shape index (κ2) is 11.5. The fraction of sp³-hybridized carbons (Fsp3) is 0.0270. The molecular formula is C37H28ClNO. The van der Waals surface area contributed by atoms with Crippen molar-refractivity contribution in [3.63, 3.8) is 0 Å². The van der Waals surface area contributed by atoms with Gasteiger partial charge in [0.15, 0.2) is 0 Å². The summed E-state index contributed by atoms with van der Waals surface area (Å²) in [7, 11) is 1.72. The fourth-order valence-corrected chi connectivity index (χ4v) is 5.14. The van der Waals surface area contributed by atoms with Crippen LogP contribution in [0.1, 0.15) is 11.1 Å².